The molecule has 2 N–H and O–H groups in total. The zero-order valence-corrected chi connectivity index (χ0v) is 23.9. The molecule has 3 aromatic rings. The Bertz CT molecular complexity index is 1530. The van der Waals surface area contributed by atoms with Crippen LogP contribution in [0.5, 0.6) is 5.75 Å². The van der Waals surface area contributed by atoms with Crippen LogP contribution in [0, 0.1) is 22.7 Å². The van der Waals surface area contributed by atoms with E-state index in [4.69, 9.17) is 18.6 Å². The molecule has 41 heavy (non-hydrogen) atoms. The lowest BCUT2D eigenvalue weighted by molar-refractivity contribution is -0.370. The van der Waals surface area contributed by atoms with Crippen LogP contribution < -0.4 is 10.4 Å². The van der Waals surface area contributed by atoms with Crippen LogP contribution in [0.2, 0.25) is 0 Å². The summed E-state index contributed by atoms with van der Waals surface area (Å²) >= 11 is 0. The van der Waals surface area contributed by atoms with Crippen LogP contribution >= 0.6 is 0 Å². The van der Waals surface area contributed by atoms with Gasteiger partial charge in [0.05, 0.1) is 24.9 Å². The van der Waals surface area contributed by atoms with Crippen LogP contribution in [0.1, 0.15) is 64.2 Å². The first-order chi connectivity index (χ1) is 19.5. The number of aromatic nitrogens is 1. The molecule has 0 bridgehead atoms. The standard InChI is InChI=1S/C33H37NO7/c1-30-13-12-25-31(2,18-38-33(4,41-25)20-10-6-5-7-11-20)23(30)16-24(35)32(3)28(30)27(36)26-22(40-32)15-21(39-29(26)37)19-9-8-14-34-17-19/h5-11,14-15,17,23-25,27-28,35-36H,12-13,16,18H2,1-4H3/t23-,24+,25+,27+,28-,30+,31+,32-,33-/m1/s1. The third kappa shape index (κ3) is 3.74. The number of ether oxygens (including phenoxy) is 3. The maximum atomic E-state index is 13.4. The summed E-state index contributed by atoms with van der Waals surface area (Å²) in [5.74, 6) is -0.919. The van der Waals surface area contributed by atoms with Gasteiger partial charge < -0.3 is 28.8 Å². The second kappa shape index (κ2) is 8.98. The van der Waals surface area contributed by atoms with Gasteiger partial charge in [0, 0.05) is 40.9 Å². The van der Waals surface area contributed by atoms with E-state index in [-0.39, 0.29) is 23.3 Å². The third-order valence-electron chi connectivity index (χ3n) is 10.9. The summed E-state index contributed by atoms with van der Waals surface area (Å²) in [6.45, 7) is 8.63. The molecule has 2 saturated carbocycles. The maximum absolute atomic E-state index is 13.4. The van der Waals surface area contributed by atoms with Gasteiger partial charge in [-0.15, -0.1) is 0 Å². The second-order valence-electron chi connectivity index (χ2n) is 13.2. The van der Waals surface area contributed by atoms with Crippen LogP contribution in [0.3, 0.4) is 0 Å². The fourth-order valence-electron chi connectivity index (χ4n) is 8.72. The zero-order chi connectivity index (χ0) is 28.8. The molecule has 0 amide bonds. The van der Waals surface area contributed by atoms with E-state index in [0.29, 0.717) is 24.4 Å². The number of hydrogen-bond donors (Lipinski definition) is 2. The van der Waals surface area contributed by atoms with Crippen LogP contribution in [-0.4, -0.2) is 39.6 Å². The van der Waals surface area contributed by atoms with Gasteiger partial charge in [-0.05, 0) is 56.6 Å². The van der Waals surface area contributed by atoms with Crippen molar-refractivity contribution in [3.63, 3.8) is 0 Å². The van der Waals surface area contributed by atoms with Crippen molar-refractivity contribution in [3.8, 4) is 17.1 Å². The molecule has 0 radical (unpaired) electrons. The highest BCUT2D eigenvalue weighted by Crippen LogP contribution is 2.68. The van der Waals surface area contributed by atoms with E-state index < -0.39 is 46.0 Å². The summed E-state index contributed by atoms with van der Waals surface area (Å²) in [6.07, 6.45) is 3.04. The molecule has 4 heterocycles. The van der Waals surface area contributed by atoms with E-state index in [0.717, 1.165) is 18.4 Å². The lowest BCUT2D eigenvalue weighted by Crippen LogP contribution is -2.72. The fourth-order valence-corrected chi connectivity index (χ4v) is 8.72. The van der Waals surface area contributed by atoms with Gasteiger partial charge in [-0.2, -0.15) is 0 Å². The Morgan fingerprint density at radius 2 is 1.78 bits per heavy atom. The van der Waals surface area contributed by atoms with Crippen LogP contribution in [-0.2, 0) is 15.3 Å². The summed E-state index contributed by atoms with van der Waals surface area (Å²) < 4.78 is 25.5. The molecule has 3 fully saturated rings. The number of benzene rings is 1. The van der Waals surface area contributed by atoms with Crippen molar-refractivity contribution in [2.24, 2.45) is 22.7 Å². The molecular weight excluding hydrogens is 522 g/mol. The molecule has 0 spiro atoms. The number of aliphatic hydroxyl groups excluding tert-OH is 2. The highest BCUT2D eigenvalue weighted by atomic mass is 16.7. The first kappa shape index (κ1) is 26.8. The van der Waals surface area contributed by atoms with Crippen molar-refractivity contribution in [3.05, 3.63) is 82.5 Å². The Morgan fingerprint density at radius 3 is 2.51 bits per heavy atom. The van der Waals surface area contributed by atoms with E-state index in [1.807, 2.05) is 44.2 Å². The molecule has 0 unspecified atom stereocenters. The predicted molar refractivity (Wildman–Crippen MR) is 150 cm³/mol. The van der Waals surface area contributed by atoms with Crippen LogP contribution in [0.25, 0.3) is 11.3 Å². The molecule has 7 rings (SSSR count). The lowest BCUT2D eigenvalue weighted by atomic mass is 9.42. The lowest BCUT2D eigenvalue weighted by Gasteiger charge is -2.68. The van der Waals surface area contributed by atoms with Crippen molar-refractivity contribution in [2.45, 2.75) is 76.7 Å². The van der Waals surface area contributed by atoms with Gasteiger partial charge in [0.1, 0.15) is 22.7 Å². The minimum Gasteiger partial charge on any atom is -0.484 e. The molecule has 2 aliphatic heterocycles. The topological polar surface area (TPSA) is 111 Å². The third-order valence-corrected chi connectivity index (χ3v) is 10.9. The first-order valence-corrected chi connectivity index (χ1v) is 14.5. The molecule has 1 saturated heterocycles. The summed E-state index contributed by atoms with van der Waals surface area (Å²) in [7, 11) is 0. The van der Waals surface area contributed by atoms with Crippen molar-refractivity contribution in [2.75, 3.05) is 6.61 Å². The first-order valence-electron chi connectivity index (χ1n) is 14.5. The number of hydrogen-bond acceptors (Lipinski definition) is 8. The smallest absolute Gasteiger partial charge is 0.345 e. The summed E-state index contributed by atoms with van der Waals surface area (Å²) in [4.78, 5) is 17.5. The highest BCUT2D eigenvalue weighted by Gasteiger charge is 2.70. The Labute approximate surface area is 239 Å². The summed E-state index contributed by atoms with van der Waals surface area (Å²) in [5.41, 5.74) is -0.948. The monoisotopic (exact) mass is 559 g/mol. The number of rotatable bonds is 2. The number of nitrogens with zero attached hydrogens (tertiary/aromatic N) is 1. The molecule has 9 atom stereocenters. The Hall–Kier alpha value is -3.04. The number of fused-ring (bicyclic) bond motifs is 6. The van der Waals surface area contributed by atoms with E-state index in [1.165, 1.54) is 0 Å². The van der Waals surface area contributed by atoms with Gasteiger partial charge in [0.25, 0.3) is 0 Å². The van der Waals surface area contributed by atoms with E-state index in [9.17, 15) is 15.0 Å². The normalized spacial score (nSPS) is 41.3. The van der Waals surface area contributed by atoms with Crippen molar-refractivity contribution < 1.29 is 28.8 Å². The van der Waals surface area contributed by atoms with Crippen LogP contribution in [0.4, 0.5) is 0 Å². The molecule has 216 valence electrons. The van der Waals surface area contributed by atoms with Gasteiger partial charge >= 0.3 is 5.63 Å². The maximum Gasteiger partial charge on any atom is 0.345 e. The van der Waals surface area contributed by atoms with Gasteiger partial charge in [-0.25, -0.2) is 4.79 Å². The molecule has 8 heteroatoms. The largest absolute Gasteiger partial charge is 0.484 e. The molecule has 8 nitrogen and oxygen atoms in total. The van der Waals surface area contributed by atoms with Gasteiger partial charge in [-0.3, -0.25) is 4.98 Å². The van der Waals surface area contributed by atoms with Crippen LogP contribution in [0.15, 0.2) is 70.1 Å². The van der Waals surface area contributed by atoms with Gasteiger partial charge in [0.15, 0.2) is 5.79 Å². The minimum absolute atomic E-state index is 0.0522. The molecule has 4 aliphatic rings. The Balaban J connectivity index is 1.26. The van der Waals surface area contributed by atoms with Gasteiger partial charge in [0.2, 0.25) is 0 Å². The van der Waals surface area contributed by atoms with Crippen molar-refractivity contribution >= 4 is 0 Å². The average Bonchev–Trinajstić information content (AvgIpc) is 2.95. The van der Waals surface area contributed by atoms with E-state index >= 15 is 0 Å². The van der Waals surface area contributed by atoms with Crippen molar-refractivity contribution in [1.82, 2.24) is 4.98 Å². The quantitative estimate of drug-likeness (QED) is 0.452. The SMILES string of the molecule is C[C@@]1(c2ccccc2)OC[C@@]2(C)[C@@H]3C[C@H](O)[C@@]4(C)Oc5cc(-c6cccnc6)oc(=O)c5[C@H](O)[C@@H]4[C@@]3(C)CC[C@@H]2O1. The van der Waals surface area contributed by atoms with E-state index in [1.54, 1.807) is 30.6 Å². The Kier molecular flexibility index (Phi) is 5.88. The summed E-state index contributed by atoms with van der Waals surface area (Å²) in [6, 6.07) is 15.2. The molecular formula is C33H37NO7. The molecule has 2 aromatic heterocycles. The summed E-state index contributed by atoms with van der Waals surface area (Å²) in [5, 5.41) is 23.7. The van der Waals surface area contributed by atoms with Gasteiger partial charge in [-0.1, -0.05) is 44.2 Å². The average molecular weight is 560 g/mol. The predicted octanol–water partition coefficient (Wildman–Crippen LogP) is 4.98. The van der Waals surface area contributed by atoms with E-state index in [2.05, 4.69) is 18.8 Å². The fraction of sp³-hybridized carbons (Fsp3) is 0.515. The Morgan fingerprint density at radius 1 is 1.00 bits per heavy atom. The molecule has 2 aliphatic carbocycles. The van der Waals surface area contributed by atoms with Crippen molar-refractivity contribution in [1.29, 1.82) is 0 Å². The molecule has 1 aromatic carbocycles. The number of aliphatic hydroxyl groups is 2. The minimum atomic E-state index is -1.18. The number of pyridine rings is 1. The second-order valence-corrected chi connectivity index (χ2v) is 13.2. The highest BCUT2D eigenvalue weighted by molar-refractivity contribution is 5.59. The zero-order valence-electron chi connectivity index (χ0n) is 23.9.